The molecule has 4 rings (SSSR count). The number of phenolic OH excluding ortho intramolecular Hbond substituents is 1. The van der Waals surface area contributed by atoms with Gasteiger partial charge in [-0.2, -0.15) is 0 Å². The molecular formula is C37H41ClNO2+. The zero-order valence-corrected chi connectivity index (χ0v) is 24.6. The Kier molecular flexibility index (Phi) is 12.6. The van der Waals surface area contributed by atoms with Gasteiger partial charge in [0.2, 0.25) is 0 Å². The van der Waals surface area contributed by atoms with Crippen LogP contribution < -0.4 is 9.30 Å². The van der Waals surface area contributed by atoms with Crippen LogP contribution in [0, 0.1) is 0 Å². The van der Waals surface area contributed by atoms with Crippen LogP contribution in [0.25, 0.3) is 24.3 Å². The molecule has 4 heteroatoms. The Morgan fingerprint density at radius 2 is 1.12 bits per heavy atom. The third kappa shape index (κ3) is 11.3. The third-order valence-electron chi connectivity index (χ3n) is 7.11. The minimum atomic E-state index is 0.307. The second kappa shape index (κ2) is 17.1. The predicted octanol–water partition coefficient (Wildman–Crippen LogP) is 9.87. The van der Waals surface area contributed by atoms with Crippen molar-refractivity contribution in [2.75, 3.05) is 6.61 Å². The van der Waals surface area contributed by atoms with Crippen molar-refractivity contribution in [2.45, 2.75) is 57.9 Å². The Balaban J connectivity index is 0.993. The topological polar surface area (TPSA) is 33.3 Å². The standard InChI is InChI=1S/C37H40ClNO2/c38-35-21-16-31(17-22-35)13-14-32-18-23-36(24-19-32)41-30-10-6-4-2-1-3-5-9-27-39-28-25-33(26-29-39)15-20-34-11-7-8-12-37(34)40/h7-8,11-26,28-29H,1-6,9-10,27,30H2/p+1/b14-13+. The fraction of sp³-hybridized carbons (Fsp3) is 0.270. The second-order valence-electron chi connectivity index (χ2n) is 10.4. The van der Waals surface area contributed by atoms with Gasteiger partial charge in [0.1, 0.15) is 18.0 Å². The molecule has 0 aliphatic rings. The molecule has 3 aromatic carbocycles. The third-order valence-corrected chi connectivity index (χ3v) is 7.36. The first kappa shape index (κ1) is 30.1. The molecule has 0 atom stereocenters. The largest absolute Gasteiger partial charge is 0.507 e. The zero-order valence-electron chi connectivity index (χ0n) is 23.8. The molecule has 0 saturated heterocycles. The summed E-state index contributed by atoms with van der Waals surface area (Å²) in [7, 11) is 0. The van der Waals surface area contributed by atoms with Gasteiger partial charge in [0.15, 0.2) is 12.4 Å². The van der Waals surface area contributed by atoms with Gasteiger partial charge in [-0.25, -0.2) is 4.57 Å². The first-order valence-corrected chi connectivity index (χ1v) is 15.2. The molecule has 0 unspecified atom stereocenters. The van der Waals surface area contributed by atoms with Crippen LogP contribution in [0.2, 0.25) is 5.02 Å². The first-order valence-electron chi connectivity index (χ1n) is 14.8. The highest BCUT2D eigenvalue weighted by atomic mass is 35.5. The van der Waals surface area contributed by atoms with Crippen molar-refractivity contribution >= 4 is 35.9 Å². The molecule has 0 aliphatic carbocycles. The number of aryl methyl sites for hydroxylation is 1. The average Bonchev–Trinajstić information content (AvgIpc) is 3.00. The number of halogens is 1. The molecule has 1 N–H and O–H groups in total. The van der Waals surface area contributed by atoms with Crippen LogP contribution in [-0.2, 0) is 6.54 Å². The highest BCUT2D eigenvalue weighted by Crippen LogP contribution is 2.19. The Morgan fingerprint density at radius 1 is 0.585 bits per heavy atom. The number of unbranched alkanes of at least 4 members (excludes halogenated alkanes) is 7. The summed E-state index contributed by atoms with van der Waals surface area (Å²) >= 11 is 5.94. The van der Waals surface area contributed by atoms with Crippen LogP contribution in [0.4, 0.5) is 0 Å². The molecule has 0 spiro atoms. The van der Waals surface area contributed by atoms with Crippen LogP contribution in [0.1, 0.15) is 73.6 Å². The van der Waals surface area contributed by atoms with Crippen LogP contribution in [-0.4, -0.2) is 11.7 Å². The zero-order chi connectivity index (χ0) is 28.5. The Hall–Kier alpha value is -3.82. The van der Waals surface area contributed by atoms with E-state index in [4.69, 9.17) is 16.3 Å². The van der Waals surface area contributed by atoms with E-state index >= 15 is 0 Å². The van der Waals surface area contributed by atoms with Crippen molar-refractivity contribution in [1.82, 2.24) is 0 Å². The monoisotopic (exact) mass is 566 g/mol. The van der Waals surface area contributed by atoms with E-state index in [1.54, 1.807) is 6.07 Å². The van der Waals surface area contributed by atoms with E-state index in [0.717, 1.165) is 52.6 Å². The number of aromatic nitrogens is 1. The van der Waals surface area contributed by atoms with Crippen molar-refractivity contribution in [3.8, 4) is 11.5 Å². The fourth-order valence-corrected chi connectivity index (χ4v) is 4.76. The smallest absolute Gasteiger partial charge is 0.169 e. The number of ether oxygens (including phenoxy) is 1. The highest BCUT2D eigenvalue weighted by molar-refractivity contribution is 6.30. The van der Waals surface area contributed by atoms with Crippen molar-refractivity contribution in [3.05, 3.63) is 125 Å². The molecule has 0 aliphatic heterocycles. The van der Waals surface area contributed by atoms with E-state index in [-0.39, 0.29) is 0 Å². The second-order valence-corrected chi connectivity index (χ2v) is 10.8. The molecule has 1 aromatic heterocycles. The Labute approximate surface area is 250 Å². The van der Waals surface area contributed by atoms with Crippen molar-refractivity contribution in [3.63, 3.8) is 0 Å². The normalized spacial score (nSPS) is 11.4. The molecule has 0 saturated carbocycles. The lowest BCUT2D eigenvalue weighted by molar-refractivity contribution is -0.697. The summed E-state index contributed by atoms with van der Waals surface area (Å²) in [5, 5.41) is 10.6. The number of hydrogen-bond acceptors (Lipinski definition) is 2. The number of benzene rings is 3. The lowest BCUT2D eigenvalue weighted by atomic mass is 10.1. The number of pyridine rings is 1. The van der Waals surface area contributed by atoms with Gasteiger partial charge >= 0.3 is 0 Å². The number of para-hydroxylation sites is 1. The van der Waals surface area contributed by atoms with Crippen molar-refractivity contribution in [2.24, 2.45) is 0 Å². The van der Waals surface area contributed by atoms with Gasteiger partial charge in [-0.3, -0.25) is 0 Å². The van der Waals surface area contributed by atoms with Gasteiger partial charge in [-0.05, 0) is 59.9 Å². The van der Waals surface area contributed by atoms with Gasteiger partial charge in [-0.1, -0.05) is 110 Å². The number of hydrogen-bond donors (Lipinski definition) is 1. The maximum absolute atomic E-state index is 9.88. The number of aromatic hydroxyl groups is 1. The van der Waals surface area contributed by atoms with Crippen LogP contribution in [0.3, 0.4) is 0 Å². The van der Waals surface area contributed by atoms with Gasteiger partial charge in [0.05, 0.1) is 6.61 Å². The lowest BCUT2D eigenvalue weighted by Gasteiger charge is -2.06. The lowest BCUT2D eigenvalue weighted by Crippen LogP contribution is -2.32. The summed E-state index contributed by atoms with van der Waals surface area (Å²) in [6, 6.07) is 27.7. The van der Waals surface area contributed by atoms with Gasteiger partial charge < -0.3 is 9.84 Å². The van der Waals surface area contributed by atoms with E-state index < -0.39 is 0 Å². The number of phenols is 1. The number of nitrogens with zero attached hydrogens (tertiary/aromatic N) is 1. The molecule has 3 nitrogen and oxygen atoms in total. The quantitative estimate of drug-likeness (QED) is 0.0831. The fourth-order valence-electron chi connectivity index (χ4n) is 4.63. The predicted molar refractivity (Wildman–Crippen MR) is 173 cm³/mol. The molecule has 0 fully saturated rings. The Bertz CT molecular complexity index is 1360. The molecule has 4 aromatic rings. The van der Waals surface area contributed by atoms with E-state index in [1.807, 2.05) is 66.7 Å². The summed E-state index contributed by atoms with van der Waals surface area (Å²) in [6.07, 6.45) is 22.5. The molecule has 0 radical (unpaired) electrons. The molecular weight excluding hydrogens is 526 g/mol. The van der Waals surface area contributed by atoms with E-state index in [2.05, 4.69) is 53.4 Å². The summed E-state index contributed by atoms with van der Waals surface area (Å²) in [5.41, 5.74) is 4.25. The maximum Gasteiger partial charge on any atom is 0.169 e. The molecule has 1 heterocycles. The average molecular weight is 567 g/mol. The van der Waals surface area contributed by atoms with Crippen LogP contribution >= 0.6 is 11.6 Å². The Morgan fingerprint density at radius 3 is 1.78 bits per heavy atom. The van der Waals surface area contributed by atoms with E-state index in [0.29, 0.717) is 5.75 Å². The molecule has 41 heavy (non-hydrogen) atoms. The van der Waals surface area contributed by atoms with Crippen LogP contribution in [0.5, 0.6) is 11.5 Å². The van der Waals surface area contributed by atoms with Crippen LogP contribution in [0.15, 0.2) is 97.3 Å². The van der Waals surface area contributed by atoms with Gasteiger partial charge in [0, 0.05) is 29.1 Å². The van der Waals surface area contributed by atoms with Gasteiger partial charge in [0.25, 0.3) is 0 Å². The van der Waals surface area contributed by atoms with Crippen molar-refractivity contribution in [1.29, 1.82) is 0 Å². The SMILES string of the molecule is Oc1ccccc1/C=C/c1cc[n+](CCCCCCCCCCOc2ccc(/C=C/c3ccc(Cl)cc3)cc2)cc1. The number of rotatable bonds is 16. The molecule has 0 amide bonds. The van der Waals surface area contributed by atoms with Gasteiger partial charge in [-0.15, -0.1) is 0 Å². The van der Waals surface area contributed by atoms with E-state index in [9.17, 15) is 5.11 Å². The summed E-state index contributed by atoms with van der Waals surface area (Å²) in [6.45, 7) is 1.83. The molecule has 212 valence electrons. The van der Waals surface area contributed by atoms with Crippen molar-refractivity contribution < 1.29 is 14.4 Å². The minimum absolute atomic E-state index is 0.307. The first-order chi connectivity index (χ1) is 20.2. The maximum atomic E-state index is 9.88. The summed E-state index contributed by atoms with van der Waals surface area (Å²) in [4.78, 5) is 0. The molecule has 0 bridgehead atoms. The minimum Gasteiger partial charge on any atom is -0.507 e. The highest BCUT2D eigenvalue weighted by Gasteiger charge is 2.01. The van der Waals surface area contributed by atoms with E-state index in [1.165, 1.54) is 44.9 Å². The summed E-state index contributed by atoms with van der Waals surface area (Å²) < 4.78 is 8.18. The summed E-state index contributed by atoms with van der Waals surface area (Å²) in [5.74, 6) is 1.24.